The Morgan fingerprint density at radius 1 is 1.03 bits per heavy atom. The first kappa shape index (κ1) is 24.4. The third-order valence-corrected chi connectivity index (χ3v) is 5.35. The molecular weight excluding hydrogens is 426 g/mol. The van der Waals surface area contributed by atoms with Crippen LogP contribution in [0.15, 0.2) is 36.4 Å². The maximum absolute atomic E-state index is 12.7. The number of allylic oxidation sites excluding steroid dienone is 1. The van der Waals surface area contributed by atoms with Crippen LogP contribution >= 0.6 is 0 Å². The average molecular weight is 458 g/mol. The fraction of sp³-hybridized carbons (Fsp3) is 0.400. The molecule has 8 heteroatoms. The third kappa shape index (κ3) is 6.63. The lowest BCUT2D eigenvalue weighted by Crippen LogP contribution is -2.37. The van der Waals surface area contributed by atoms with Crippen LogP contribution in [0.5, 0.6) is 28.7 Å². The van der Waals surface area contributed by atoms with E-state index in [1.807, 2.05) is 12.1 Å². The molecule has 1 aliphatic rings. The number of aromatic hydroxyl groups is 1. The Kier molecular flexibility index (Phi) is 8.97. The normalized spacial score (nSPS) is 14.3. The van der Waals surface area contributed by atoms with E-state index < -0.39 is 5.78 Å². The second-order valence-electron chi connectivity index (χ2n) is 7.49. The van der Waals surface area contributed by atoms with Gasteiger partial charge in [0, 0.05) is 31.8 Å². The Labute approximate surface area is 194 Å². The number of morpholine rings is 1. The van der Waals surface area contributed by atoms with E-state index in [-0.39, 0.29) is 17.1 Å². The van der Waals surface area contributed by atoms with Crippen LogP contribution in [0.3, 0.4) is 0 Å². The molecule has 178 valence electrons. The molecule has 1 N–H and O–H groups in total. The number of benzene rings is 2. The molecule has 0 amide bonds. The molecule has 0 unspecified atom stereocenters. The maximum atomic E-state index is 12.7. The molecule has 3 rings (SSSR count). The number of nitrogens with zero attached hydrogens (tertiary/aromatic N) is 1. The molecule has 0 aliphatic carbocycles. The number of hydrogen-bond acceptors (Lipinski definition) is 8. The quantitative estimate of drug-likeness (QED) is 0.312. The van der Waals surface area contributed by atoms with Gasteiger partial charge in [-0.1, -0.05) is 12.1 Å². The number of methoxy groups -OCH3 is 3. The summed E-state index contributed by atoms with van der Waals surface area (Å²) in [7, 11) is 4.48. The molecule has 1 aliphatic heterocycles. The van der Waals surface area contributed by atoms with E-state index in [1.54, 1.807) is 25.3 Å². The number of ketones is 1. The Morgan fingerprint density at radius 3 is 2.48 bits per heavy atom. The molecular formula is C25H31NO7. The van der Waals surface area contributed by atoms with Crippen molar-refractivity contribution < 1.29 is 33.6 Å². The van der Waals surface area contributed by atoms with E-state index in [2.05, 4.69) is 4.90 Å². The molecule has 0 saturated carbocycles. The molecule has 0 aromatic heterocycles. The highest BCUT2D eigenvalue weighted by atomic mass is 16.5. The van der Waals surface area contributed by atoms with Crippen LogP contribution in [-0.2, 0) is 4.74 Å². The van der Waals surface area contributed by atoms with Gasteiger partial charge in [0.05, 0.1) is 41.2 Å². The van der Waals surface area contributed by atoms with Gasteiger partial charge in [-0.2, -0.15) is 0 Å². The van der Waals surface area contributed by atoms with Gasteiger partial charge in [-0.15, -0.1) is 0 Å². The molecule has 1 fully saturated rings. The van der Waals surface area contributed by atoms with Gasteiger partial charge >= 0.3 is 0 Å². The summed E-state index contributed by atoms with van der Waals surface area (Å²) >= 11 is 0. The van der Waals surface area contributed by atoms with Crippen molar-refractivity contribution in [2.24, 2.45) is 0 Å². The van der Waals surface area contributed by atoms with Crippen molar-refractivity contribution in [3.63, 3.8) is 0 Å². The van der Waals surface area contributed by atoms with E-state index in [0.717, 1.165) is 44.8 Å². The summed E-state index contributed by atoms with van der Waals surface area (Å²) in [5.74, 6) is 1.27. The second kappa shape index (κ2) is 12.1. The Morgan fingerprint density at radius 2 is 1.79 bits per heavy atom. The van der Waals surface area contributed by atoms with Crippen LogP contribution in [0.25, 0.3) is 6.08 Å². The monoisotopic (exact) mass is 457 g/mol. The number of phenolic OH excluding ortho intramolecular Hbond substituents is 1. The summed E-state index contributed by atoms with van der Waals surface area (Å²) < 4.78 is 27.1. The van der Waals surface area contributed by atoms with E-state index in [9.17, 15) is 9.90 Å². The van der Waals surface area contributed by atoms with Gasteiger partial charge in [0.2, 0.25) is 0 Å². The molecule has 2 aromatic rings. The lowest BCUT2D eigenvalue weighted by Gasteiger charge is -2.26. The van der Waals surface area contributed by atoms with Gasteiger partial charge in [0.1, 0.15) is 22.8 Å². The SMILES string of the molecule is COc1cc(O)c(C(=O)/C=C/c2ccc(OCCCN3CCOCC3)c(OC)c2)c(OC)c1. The highest BCUT2D eigenvalue weighted by Crippen LogP contribution is 2.34. The highest BCUT2D eigenvalue weighted by Gasteiger charge is 2.17. The van der Waals surface area contributed by atoms with Gasteiger partial charge in [-0.3, -0.25) is 9.69 Å². The van der Waals surface area contributed by atoms with Crippen LogP contribution < -0.4 is 18.9 Å². The Bertz CT molecular complexity index is 967. The minimum Gasteiger partial charge on any atom is -0.507 e. The topological polar surface area (TPSA) is 86.7 Å². The lowest BCUT2D eigenvalue weighted by atomic mass is 10.1. The van der Waals surface area contributed by atoms with Gasteiger partial charge in [0.25, 0.3) is 0 Å². The van der Waals surface area contributed by atoms with E-state index in [0.29, 0.717) is 23.9 Å². The van der Waals surface area contributed by atoms with Crippen LogP contribution in [0.2, 0.25) is 0 Å². The highest BCUT2D eigenvalue weighted by molar-refractivity contribution is 6.10. The maximum Gasteiger partial charge on any atom is 0.193 e. The van der Waals surface area contributed by atoms with Gasteiger partial charge in [-0.05, 0) is 30.2 Å². The van der Waals surface area contributed by atoms with Crippen LogP contribution in [0.1, 0.15) is 22.3 Å². The molecule has 2 aromatic carbocycles. The lowest BCUT2D eigenvalue weighted by molar-refractivity contribution is 0.0357. The van der Waals surface area contributed by atoms with Crippen molar-refractivity contribution >= 4 is 11.9 Å². The first-order chi connectivity index (χ1) is 16.0. The largest absolute Gasteiger partial charge is 0.507 e. The molecule has 0 bridgehead atoms. The fourth-order valence-corrected chi connectivity index (χ4v) is 3.56. The van der Waals surface area contributed by atoms with E-state index >= 15 is 0 Å². The number of carbonyl (C=O) groups is 1. The molecule has 1 heterocycles. The summed E-state index contributed by atoms with van der Waals surface area (Å²) in [5, 5.41) is 10.2. The van der Waals surface area contributed by atoms with Crippen molar-refractivity contribution in [3.8, 4) is 28.7 Å². The molecule has 33 heavy (non-hydrogen) atoms. The van der Waals surface area contributed by atoms with Gasteiger partial charge < -0.3 is 28.8 Å². The minimum atomic E-state index is -0.394. The predicted molar refractivity (Wildman–Crippen MR) is 125 cm³/mol. The number of hydrogen-bond donors (Lipinski definition) is 1. The zero-order valence-corrected chi connectivity index (χ0v) is 19.3. The zero-order valence-electron chi connectivity index (χ0n) is 19.3. The first-order valence-electron chi connectivity index (χ1n) is 10.8. The minimum absolute atomic E-state index is 0.0711. The Balaban J connectivity index is 1.62. The van der Waals surface area contributed by atoms with Crippen molar-refractivity contribution in [3.05, 3.63) is 47.5 Å². The van der Waals surface area contributed by atoms with Gasteiger partial charge in [-0.25, -0.2) is 0 Å². The number of ether oxygens (including phenoxy) is 5. The molecule has 8 nitrogen and oxygen atoms in total. The molecule has 0 atom stereocenters. The number of phenols is 1. The number of rotatable bonds is 11. The van der Waals surface area contributed by atoms with Crippen molar-refractivity contribution in [1.29, 1.82) is 0 Å². The van der Waals surface area contributed by atoms with E-state index in [4.69, 9.17) is 23.7 Å². The predicted octanol–water partition coefficient (Wildman–Crippen LogP) is 3.42. The van der Waals surface area contributed by atoms with E-state index in [1.165, 1.54) is 26.4 Å². The van der Waals surface area contributed by atoms with Crippen molar-refractivity contribution in [2.45, 2.75) is 6.42 Å². The number of carbonyl (C=O) groups excluding carboxylic acids is 1. The van der Waals surface area contributed by atoms with Crippen LogP contribution in [0.4, 0.5) is 0 Å². The zero-order chi connectivity index (χ0) is 23.6. The molecule has 1 saturated heterocycles. The first-order valence-corrected chi connectivity index (χ1v) is 10.8. The Hall–Kier alpha value is -3.23. The molecule has 0 spiro atoms. The molecule has 0 radical (unpaired) electrons. The van der Waals surface area contributed by atoms with Crippen LogP contribution in [-0.4, -0.2) is 76.6 Å². The van der Waals surface area contributed by atoms with Crippen molar-refractivity contribution in [2.75, 3.05) is 60.8 Å². The average Bonchev–Trinajstić information content (AvgIpc) is 2.85. The standard InChI is InChI=1S/C25H31NO7/c1-29-19-16-21(28)25(24(17-19)31-3)20(27)7-5-18-6-8-22(23(15-18)30-2)33-12-4-9-26-10-13-32-14-11-26/h5-8,15-17,28H,4,9-14H2,1-3H3/b7-5+. The fourth-order valence-electron chi connectivity index (χ4n) is 3.56. The second-order valence-corrected chi connectivity index (χ2v) is 7.49. The summed E-state index contributed by atoms with van der Waals surface area (Å²) in [4.78, 5) is 15.1. The van der Waals surface area contributed by atoms with Gasteiger partial charge in [0.15, 0.2) is 17.3 Å². The van der Waals surface area contributed by atoms with Crippen LogP contribution in [0, 0.1) is 0 Å². The third-order valence-electron chi connectivity index (χ3n) is 5.35. The summed E-state index contributed by atoms with van der Waals surface area (Å²) in [5.41, 5.74) is 0.828. The summed E-state index contributed by atoms with van der Waals surface area (Å²) in [6.45, 7) is 5.05. The van der Waals surface area contributed by atoms with Crippen molar-refractivity contribution in [1.82, 2.24) is 4.90 Å². The summed E-state index contributed by atoms with van der Waals surface area (Å²) in [6.07, 6.45) is 3.93. The summed E-state index contributed by atoms with van der Waals surface area (Å²) in [6, 6.07) is 8.39. The smallest absolute Gasteiger partial charge is 0.193 e.